The maximum atomic E-state index is 11.3. The van der Waals surface area contributed by atoms with Gasteiger partial charge in [-0.25, -0.2) is 9.78 Å². The summed E-state index contributed by atoms with van der Waals surface area (Å²) in [5, 5.41) is 3.70. The summed E-state index contributed by atoms with van der Waals surface area (Å²) in [4.78, 5) is 15.3. The van der Waals surface area contributed by atoms with E-state index in [1.807, 2.05) is 0 Å². The lowest BCUT2D eigenvalue weighted by molar-refractivity contribution is 0.0526. The zero-order chi connectivity index (χ0) is 10.8. The average Bonchev–Trinajstić information content (AvgIpc) is 2.60. The summed E-state index contributed by atoms with van der Waals surface area (Å²) in [7, 11) is 0. The van der Waals surface area contributed by atoms with Gasteiger partial charge in [0.25, 0.3) is 0 Å². The van der Waals surface area contributed by atoms with E-state index in [-0.39, 0.29) is 5.15 Å². The van der Waals surface area contributed by atoms with E-state index in [9.17, 15) is 4.79 Å². The van der Waals surface area contributed by atoms with Gasteiger partial charge < -0.3 is 9.26 Å². The summed E-state index contributed by atoms with van der Waals surface area (Å²) in [6.07, 6.45) is 1.38. The average molecular weight is 227 g/mol. The molecule has 0 amide bonds. The first-order valence-electron chi connectivity index (χ1n) is 4.30. The van der Waals surface area contributed by atoms with Crippen LogP contribution in [0, 0.1) is 0 Å². The lowest BCUT2D eigenvalue weighted by Gasteiger charge is -1.99. The van der Waals surface area contributed by atoms with Crippen LogP contribution in [0.15, 0.2) is 16.8 Å². The van der Waals surface area contributed by atoms with Gasteiger partial charge in [0.2, 0.25) is 0 Å². The molecule has 2 aromatic heterocycles. The van der Waals surface area contributed by atoms with Crippen molar-refractivity contribution < 1.29 is 14.1 Å². The highest BCUT2D eigenvalue weighted by molar-refractivity contribution is 6.33. The van der Waals surface area contributed by atoms with E-state index < -0.39 is 5.97 Å². The Bertz CT molecular complexity index is 509. The van der Waals surface area contributed by atoms with Crippen LogP contribution in [-0.2, 0) is 4.74 Å². The first-order chi connectivity index (χ1) is 7.22. The molecular formula is C9H7ClN2O3. The minimum Gasteiger partial charge on any atom is -0.462 e. The molecule has 0 atom stereocenters. The molecule has 6 heteroatoms. The van der Waals surface area contributed by atoms with Crippen LogP contribution in [0.25, 0.3) is 11.1 Å². The quantitative estimate of drug-likeness (QED) is 0.734. The van der Waals surface area contributed by atoms with Gasteiger partial charge >= 0.3 is 5.97 Å². The van der Waals surface area contributed by atoms with Crippen LogP contribution in [0.3, 0.4) is 0 Å². The van der Waals surface area contributed by atoms with Crippen molar-refractivity contribution in [3.8, 4) is 0 Å². The zero-order valence-corrected chi connectivity index (χ0v) is 8.61. The summed E-state index contributed by atoms with van der Waals surface area (Å²) in [6.45, 7) is 2.04. The lowest BCUT2D eigenvalue weighted by Crippen LogP contribution is -2.04. The molecule has 0 saturated carbocycles. The van der Waals surface area contributed by atoms with E-state index in [0.717, 1.165) is 0 Å². The molecule has 0 spiro atoms. The number of esters is 1. The number of hydrogen-bond acceptors (Lipinski definition) is 5. The van der Waals surface area contributed by atoms with Crippen LogP contribution >= 0.6 is 11.6 Å². The molecule has 5 nitrogen and oxygen atoms in total. The molecule has 15 heavy (non-hydrogen) atoms. The topological polar surface area (TPSA) is 65.2 Å². The highest BCUT2D eigenvalue weighted by Crippen LogP contribution is 2.20. The molecule has 0 bridgehead atoms. The summed E-state index contributed by atoms with van der Waals surface area (Å²) < 4.78 is 9.68. The van der Waals surface area contributed by atoms with Gasteiger partial charge in [0.1, 0.15) is 5.52 Å². The minimum absolute atomic E-state index is 0.181. The number of carbonyl (C=O) groups is 1. The van der Waals surface area contributed by atoms with Gasteiger partial charge in [-0.05, 0) is 6.92 Å². The van der Waals surface area contributed by atoms with Crippen molar-refractivity contribution in [2.24, 2.45) is 0 Å². The minimum atomic E-state index is -0.445. The largest absolute Gasteiger partial charge is 0.462 e. The van der Waals surface area contributed by atoms with Gasteiger partial charge in [0, 0.05) is 12.3 Å². The summed E-state index contributed by atoms with van der Waals surface area (Å²) in [5.41, 5.74) is 1.12. The molecule has 78 valence electrons. The Morgan fingerprint density at radius 1 is 1.67 bits per heavy atom. The van der Waals surface area contributed by atoms with Crippen molar-refractivity contribution in [1.82, 2.24) is 10.1 Å². The van der Waals surface area contributed by atoms with Gasteiger partial charge in [-0.3, -0.25) is 0 Å². The molecule has 2 aromatic rings. The Balaban J connectivity index is 2.43. The molecule has 0 radical (unpaired) electrons. The highest BCUT2D eigenvalue weighted by atomic mass is 35.5. The fraction of sp³-hybridized carbons (Fsp3) is 0.222. The molecule has 0 aliphatic heterocycles. The number of nitrogens with zero attached hydrogens (tertiary/aromatic N) is 2. The monoisotopic (exact) mass is 226 g/mol. The number of pyridine rings is 1. The van der Waals surface area contributed by atoms with Crippen LogP contribution in [0.2, 0.25) is 5.15 Å². The number of carbonyl (C=O) groups excluding carboxylic acids is 1. The first-order valence-corrected chi connectivity index (χ1v) is 4.68. The second-order valence-corrected chi connectivity index (χ2v) is 3.12. The highest BCUT2D eigenvalue weighted by Gasteiger charge is 2.12. The van der Waals surface area contributed by atoms with E-state index in [2.05, 4.69) is 10.1 Å². The maximum Gasteiger partial charge on any atom is 0.339 e. The van der Waals surface area contributed by atoms with E-state index in [1.54, 1.807) is 6.92 Å². The maximum absolute atomic E-state index is 11.3. The number of ether oxygens (including phenoxy) is 1. The normalized spacial score (nSPS) is 10.5. The molecule has 2 rings (SSSR count). The second kappa shape index (κ2) is 3.86. The number of aromatic nitrogens is 2. The van der Waals surface area contributed by atoms with Gasteiger partial charge in [-0.1, -0.05) is 16.8 Å². The Labute approximate surface area is 90.0 Å². The van der Waals surface area contributed by atoms with Crippen LogP contribution in [0.4, 0.5) is 0 Å². The van der Waals surface area contributed by atoms with E-state index >= 15 is 0 Å². The van der Waals surface area contributed by atoms with Gasteiger partial charge in [0.15, 0.2) is 10.7 Å². The van der Waals surface area contributed by atoms with E-state index in [1.165, 1.54) is 12.3 Å². The third kappa shape index (κ3) is 1.78. The Morgan fingerprint density at radius 2 is 2.47 bits per heavy atom. The van der Waals surface area contributed by atoms with Crippen LogP contribution in [0.1, 0.15) is 17.3 Å². The predicted octanol–water partition coefficient (Wildman–Crippen LogP) is 2.05. The molecule has 0 aliphatic rings. The van der Waals surface area contributed by atoms with Crippen molar-refractivity contribution in [3.05, 3.63) is 23.0 Å². The standard InChI is InChI=1S/C9H7ClN2O3/c1-2-14-9(13)5-3-6-7(11-4-5)8(10)12-15-6/h3-4H,2H2,1H3. The summed E-state index contributed by atoms with van der Waals surface area (Å²) in [5.74, 6) is -0.445. The van der Waals surface area contributed by atoms with Crippen molar-refractivity contribution >= 4 is 28.7 Å². The SMILES string of the molecule is CCOC(=O)c1cnc2c(Cl)noc2c1. The molecule has 0 fully saturated rings. The van der Waals surface area contributed by atoms with Crippen LogP contribution in [0.5, 0.6) is 0 Å². The molecule has 0 aliphatic carbocycles. The van der Waals surface area contributed by atoms with Crippen LogP contribution < -0.4 is 0 Å². The number of halogens is 1. The lowest BCUT2D eigenvalue weighted by atomic mass is 10.2. The molecule has 0 saturated heterocycles. The van der Waals surface area contributed by atoms with Gasteiger partial charge in [-0.2, -0.15) is 0 Å². The molecule has 0 unspecified atom stereocenters. The van der Waals surface area contributed by atoms with Crippen molar-refractivity contribution in [2.45, 2.75) is 6.92 Å². The summed E-state index contributed by atoms with van der Waals surface area (Å²) >= 11 is 5.68. The fourth-order valence-corrected chi connectivity index (χ4v) is 1.30. The first kappa shape index (κ1) is 9.92. The molecule has 0 aromatic carbocycles. The molecule has 0 N–H and O–H groups in total. The third-order valence-electron chi connectivity index (χ3n) is 1.78. The van der Waals surface area contributed by atoms with Crippen LogP contribution in [-0.4, -0.2) is 22.7 Å². The Hall–Kier alpha value is -1.62. The molecule has 2 heterocycles. The van der Waals surface area contributed by atoms with E-state index in [0.29, 0.717) is 23.3 Å². The number of rotatable bonds is 2. The summed E-state index contributed by atoms with van der Waals surface area (Å²) in [6, 6.07) is 1.50. The zero-order valence-electron chi connectivity index (χ0n) is 7.86. The van der Waals surface area contributed by atoms with Gasteiger partial charge in [-0.15, -0.1) is 0 Å². The Kier molecular flexibility index (Phi) is 2.55. The smallest absolute Gasteiger partial charge is 0.339 e. The molecular weight excluding hydrogens is 220 g/mol. The number of hydrogen-bond donors (Lipinski definition) is 0. The van der Waals surface area contributed by atoms with Crippen molar-refractivity contribution in [3.63, 3.8) is 0 Å². The second-order valence-electron chi connectivity index (χ2n) is 2.76. The van der Waals surface area contributed by atoms with Crippen molar-refractivity contribution in [1.29, 1.82) is 0 Å². The third-order valence-corrected chi connectivity index (χ3v) is 2.03. The number of fused-ring (bicyclic) bond motifs is 1. The Morgan fingerprint density at radius 3 is 3.20 bits per heavy atom. The van der Waals surface area contributed by atoms with E-state index in [4.69, 9.17) is 20.9 Å². The fourth-order valence-electron chi connectivity index (χ4n) is 1.13. The predicted molar refractivity (Wildman–Crippen MR) is 52.8 cm³/mol. The van der Waals surface area contributed by atoms with Crippen molar-refractivity contribution in [2.75, 3.05) is 6.61 Å². The van der Waals surface area contributed by atoms with Gasteiger partial charge in [0.05, 0.1) is 12.2 Å².